The first-order valence-electron chi connectivity index (χ1n) is 52.8. The summed E-state index contributed by atoms with van der Waals surface area (Å²) in [5.74, 6) is 12.0. The van der Waals surface area contributed by atoms with Gasteiger partial charge in [-0.25, -0.2) is 73.6 Å². The fraction of sp³-hybridized carbons (Fsp3) is 0.465. The van der Waals surface area contributed by atoms with E-state index in [9.17, 15) is 19.0 Å². The number of rotatable bonds is 41. The summed E-state index contributed by atoms with van der Waals surface area (Å²) in [5.41, 5.74) is 16.4. The molecule has 2 fully saturated rings. The average molecular weight is 1970 g/mol. The molecule has 145 heavy (non-hydrogen) atoms. The number of nitrogens with one attached hydrogen (secondary N) is 6. The van der Waals surface area contributed by atoms with Gasteiger partial charge in [-0.3, -0.25) is 0 Å². The van der Waals surface area contributed by atoms with Crippen LogP contribution in [-0.4, -0.2) is 164 Å². The first-order chi connectivity index (χ1) is 70.5. The molecule has 0 aliphatic heterocycles. The van der Waals surface area contributed by atoms with Crippen molar-refractivity contribution in [2.24, 2.45) is 11.8 Å². The van der Waals surface area contributed by atoms with Crippen LogP contribution in [0.2, 0.25) is 0 Å². The monoisotopic (exact) mass is 1970 g/mol. The van der Waals surface area contributed by atoms with E-state index in [0.29, 0.717) is 55.1 Å². The van der Waals surface area contributed by atoms with E-state index in [2.05, 4.69) is 222 Å². The first-order valence-corrected chi connectivity index (χ1v) is 52.8. The molecule has 2 saturated carbocycles. The van der Waals surface area contributed by atoms with E-state index in [4.69, 9.17) is 14.7 Å². The van der Waals surface area contributed by atoms with E-state index >= 15 is 0 Å². The topological polar surface area (TPSA) is 323 Å². The van der Waals surface area contributed by atoms with Gasteiger partial charge in [0.2, 0.25) is 0 Å². The number of hydrogen-bond acceptors (Lipinski definition) is 22. The molecule has 14 aromatic heterocycles. The van der Waals surface area contributed by atoms with Crippen molar-refractivity contribution in [1.29, 1.82) is 0 Å². The van der Waals surface area contributed by atoms with Crippen LogP contribution in [0.15, 0.2) is 177 Å². The van der Waals surface area contributed by atoms with Crippen LogP contribution in [0.1, 0.15) is 254 Å². The van der Waals surface area contributed by atoms with Gasteiger partial charge in [-0.05, 0) is 223 Å². The van der Waals surface area contributed by atoms with Crippen LogP contribution in [0.3, 0.4) is 0 Å². The van der Waals surface area contributed by atoms with Gasteiger partial charge in [-0.1, -0.05) is 160 Å². The van der Waals surface area contributed by atoms with Crippen LogP contribution in [0.5, 0.6) is 5.75 Å². The average Bonchev–Trinajstić information content (AvgIpc) is 1.67. The number of ether oxygens (including phenoxy) is 1. The Morgan fingerprint density at radius 2 is 0.703 bits per heavy atom. The molecule has 31 heteroatoms. The maximum atomic E-state index is 14.1. The van der Waals surface area contributed by atoms with E-state index < -0.39 is 0 Å². The highest BCUT2D eigenvalue weighted by Gasteiger charge is 2.26. The minimum atomic E-state index is -0.221. The van der Waals surface area contributed by atoms with Gasteiger partial charge in [0.25, 0.3) is 0 Å². The molecule has 4 unspecified atom stereocenters. The van der Waals surface area contributed by atoms with E-state index in [1.165, 1.54) is 87.4 Å². The Morgan fingerprint density at radius 3 is 1.08 bits per heavy atom. The van der Waals surface area contributed by atoms with Crippen LogP contribution in [-0.2, 0) is 39.3 Å². The number of aryl methyl sites for hydroxylation is 6. The maximum absolute atomic E-state index is 14.1. The van der Waals surface area contributed by atoms with Crippen molar-refractivity contribution >= 4 is 107 Å². The summed E-state index contributed by atoms with van der Waals surface area (Å²) in [6, 6.07) is 41.2. The summed E-state index contributed by atoms with van der Waals surface area (Å²) in [6.07, 6.45) is 41.9. The second-order valence-corrected chi connectivity index (χ2v) is 38.9. The van der Waals surface area contributed by atoms with Crippen LogP contribution in [0.4, 0.5) is 43.7 Å². The molecule has 29 nitrogen and oxygen atoms in total. The summed E-state index contributed by atoms with van der Waals surface area (Å²) in [7, 11) is 1.68. The van der Waals surface area contributed by atoms with Crippen molar-refractivity contribution < 1.29 is 23.7 Å². The molecule has 4 atom stereocenters. The number of unbranched alkanes of at least 4 members (excludes halogenated alkanes) is 2. The summed E-state index contributed by atoms with van der Waals surface area (Å²) < 4.78 is 48.4. The maximum Gasteiger partial charge on any atom is 0.154 e. The van der Waals surface area contributed by atoms with Crippen molar-refractivity contribution in [3.05, 3.63) is 246 Å². The number of aliphatic hydroxyl groups is 2. The largest absolute Gasteiger partial charge is 0.497 e. The molecule has 2 aliphatic carbocycles. The standard InChI is InChI=1S/C20H25FN4O.C20H26N4O.C20H32N4O.C19H23FN4.C19H22N6.C16H24N4/c1-3-6-16(10-12-26)24-20-19-18(22-14(2)23-20)9-11-25(19)13-15-7-4-5-8-17(15)21;1-5-6-14(2)21-20-19-18(22-15(3)23-20)11-12-24(19)13-16-7-9-17(25-4)10-8-16;1-3-7-17(11-13-25)23-20-19-18(21-15(2)22-20)10-12-24(19)14-16-8-5-4-6-9-16;1-4-7-13(2)21-19-18-17(22-14(3)23-19)10-11-24(18)12-15-8-5-6-9-16(15)20;1-3-4-9-20-19-18-16(21-14(2)22-19)8-11-25(18)13-15-12-24-10-6-5-7-17(24)23-15;1-3-4-9-17-16-15-14(18-12(2)19-16)8-10-20(15)11-13-6-5-7-13/h4-5,7-9,11,16,26H,3,6,10,12-13H2,1-2H3,(H,22,23,24);7-12,14H,5-6,13H2,1-4H3,(H,21,22,23);10,12,16-17,25H,3-9,11,13-14H2,1-2H3,(H,21,22,23);5-6,8-11,13H,4,7,12H2,1-3H3,(H,21,22,23);5-8,10-12H,3-4,9,13H2,1-2H3,(H,20,21,22);8,10,13H,3-7,9,11H2,1-2H3,(H,17,18,19). The fourth-order valence-electron chi connectivity index (χ4n) is 19.4. The first kappa shape index (κ1) is 107. The number of imidazole rings is 1. The van der Waals surface area contributed by atoms with Crippen LogP contribution < -0.4 is 36.6 Å². The molecule has 14 heterocycles. The van der Waals surface area contributed by atoms with E-state index in [1.54, 1.807) is 25.3 Å². The molecule has 770 valence electrons. The molecule has 0 amide bonds. The lowest BCUT2D eigenvalue weighted by atomic mass is 9.85. The molecule has 0 bridgehead atoms. The molecule has 17 aromatic rings. The van der Waals surface area contributed by atoms with Crippen molar-refractivity contribution in [2.45, 2.75) is 302 Å². The second kappa shape index (κ2) is 53.3. The molecule has 0 spiro atoms. The normalized spacial score (nSPS) is 13.5. The van der Waals surface area contributed by atoms with Crippen LogP contribution in [0, 0.1) is 65.0 Å². The van der Waals surface area contributed by atoms with Crippen molar-refractivity contribution in [3.8, 4) is 5.75 Å². The van der Waals surface area contributed by atoms with Crippen LogP contribution >= 0.6 is 0 Å². The third-order valence-electron chi connectivity index (χ3n) is 26.8. The number of aromatic nitrogens is 20. The third-order valence-corrected chi connectivity index (χ3v) is 26.8. The summed E-state index contributed by atoms with van der Waals surface area (Å²) in [5, 5.41) is 39.8. The number of pyridine rings is 1. The zero-order chi connectivity index (χ0) is 102. The Balaban J connectivity index is 0.000000138. The number of benzene rings is 3. The molecule has 0 radical (unpaired) electrons. The van der Waals surface area contributed by atoms with Crippen LogP contribution in [0.25, 0.3) is 71.8 Å². The zero-order valence-electron chi connectivity index (χ0n) is 87.8. The minimum absolute atomic E-state index is 0.126. The third kappa shape index (κ3) is 29.2. The molecule has 3 aromatic carbocycles. The van der Waals surface area contributed by atoms with Gasteiger partial charge >= 0.3 is 0 Å². The van der Waals surface area contributed by atoms with Gasteiger partial charge in [0.1, 0.15) is 91.1 Å². The zero-order valence-corrected chi connectivity index (χ0v) is 87.8. The fourth-order valence-corrected chi connectivity index (χ4v) is 19.4. The molecule has 8 N–H and O–H groups in total. The quantitative estimate of drug-likeness (QED) is 0.0165. The lowest BCUT2D eigenvalue weighted by Crippen LogP contribution is -2.22. The number of anilines is 6. The Morgan fingerprint density at radius 1 is 0.352 bits per heavy atom. The molecule has 19 rings (SSSR count). The summed E-state index contributed by atoms with van der Waals surface area (Å²) in [4.78, 5) is 59.8. The predicted octanol–water partition coefficient (Wildman–Crippen LogP) is 24.5. The van der Waals surface area contributed by atoms with Gasteiger partial charge in [0.05, 0.1) is 65.5 Å². The summed E-state index contributed by atoms with van der Waals surface area (Å²) >= 11 is 0. The van der Waals surface area contributed by atoms with Gasteiger partial charge in [-0.2, -0.15) is 0 Å². The minimum Gasteiger partial charge on any atom is -0.497 e. The highest BCUT2D eigenvalue weighted by Crippen LogP contribution is 2.36. The van der Waals surface area contributed by atoms with E-state index in [0.717, 1.165) is 257 Å². The number of aliphatic hydroxyl groups excluding tert-OH is 2. The number of methoxy groups -OCH3 is 1. The Labute approximate surface area is 852 Å². The van der Waals surface area contributed by atoms with Gasteiger partial charge in [-0.15, -0.1) is 0 Å². The van der Waals surface area contributed by atoms with Gasteiger partial charge in [0, 0.05) is 131 Å². The number of fused-ring (bicyclic) bond motifs is 7. The number of nitrogens with zero attached hydrogens (tertiary/aromatic N) is 20. The highest BCUT2D eigenvalue weighted by molar-refractivity contribution is 5.91. The number of halogens is 2. The lowest BCUT2D eigenvalue weighted by molar-refractivity contribution is 0.276. The molecular formula is C114H152F2N26O3. The molecule has 0 saturated heterocycles. The smallest absolute Gasteiger partial charge is 0.154 e. The van der Waals surface area contributed by atoms with Crippen molar-refractivity contribution in [3.63, 3.8) is 0 Å². The Bertz CT molecular complexity index is 6900. The SMILES string of the molecule is CCCC(C)Nc1nc(C)nc2ccn(Cc3ccc(OC)cc3)c12.CCCC(C)Nc1nc(C)nc2ccn(Cc3ccccc3F)c12.CCCC(CCO)Nc1nc(C)nc2ccn(CC3CCCCC3)c12.CCCC(CCO)Nc1nc(C)nc2ccn(Cc3ccccc3F)c12.CCCCNc1nc(C)nc2ccn(CC3CCC3)c12.CCCCNc1nc(C)nc2ccn(Cc3cn4ccccc4n3)c12. The molecule has 2 aliphatic rings. The van der Waals surface area contributed by atoms with Crippen molar-refractivity contribution in [1.82, 2.24) is 96.6 Å². The van der Waals surface area contributed by atoms with Crippen molar-refractivity contribution in [2.75, 3.05) is 65.3 Å². The Hall–Kier alpha value is -13.6. The highest BCUT2D eigenvalue weighted by atomic mass is 19.1. The van der Waals surface area contributed by atoms with E-state index in [1.807, 2.05) is 140 Å². The summed E-state index contributed by atoms with van der Waals surface area (Å²) in [6.45, 7) is 35.7. The molecular weight excluding hydrogens is 1820 g/mol. The lowest BCUT2D eigenvalue weighted by Gasteiger charge is -2.26. The number of hydrogen-bond donors (Lipinski definition) is 8. The Kier molecular flexibility index (Phi) is 39.4. The predicted molar refractivity (Wildman–Crippen MR) is 586 cm³/mol. The van der Waals surface area contributed by atoms with E-state index in [-0.39, 0.29) is 36.9 Å². The van der Waals surface area contributed by atoms with Gasteiger partial charge in [0.15, 0.2) is 34.9 Å². The second-order valence-electron chi connectivity index (χ2n) is 38.9. The van der Waals surface area contributed by atoms with Gasteiger partial charge < -0.3 is 78.7 Å².